The fourth-order valence-corrected chi connectivity index (χ4v) is 1.76. The lowest BCUT2D eigenvalue weighted by atomic mass is 10.2. The van der Waals surface area contributed by atoms with Crippen LogP contribution >= 0.6 is 0 Å². The van der Waals surface area contributed by atoms with Crippen molar-refractivity contribution in [3.05, 3.63) is 47.8 Å². The highest BCUT2D eigenvalue weighted by Crippen LogP contribution is 2.13. The zero-order valence-electron chi connectivity index (χ0n) is 11.0. The number of tetrazole rings is 1. The number of benzene rings is 1. The number of nitrogens with zero attached hydrogens (tertiary/aromatic N) is 6. The van der Waals surface area contributed by atoms with E-state index in [0.717, 1.165) is 5.56 Å². The molecule has 8 heteroatoms. The van der Waals surface area contributed by atoms with Gasteiger partial charge in [0.15, 0.2) is 0 Å². The van der Waals surface area contributed by atoms with Crippen molar-refractivity contribution in [2.75, 3.05) is 0 Å². The molecule has 0 aliphatic rings. The summed E-state index contributed by atoms with van der Waals surface area (Å²) in [5.74, 6) is -0.457. The van der Waals surface area contributed by atoms with Gasteiger partial charge in [-0.25, -0.2) is 14.8 Å². The van der Waals surface area contributed by atoms with E-state index < -0.39 is 5.97 Å². The summed E-state index contributed by atoms with van der Waals surface area (Å²) in [7, 11) is 0. The first-order chi connectivity index (χ1) is 10.1. The summed E-state index contributed by atoms with van der Waals surface area (Å²) in [6.45, 7) is 1.59. The minimum Gasteiger partial charge on any atom is -0.478 e. The quantitative estimate of drug-likeness (QED) is 0.767. The molecule has 3 aromatic rings. The molecule has 0 unspecified atom stereocenters. The lowest BCUT2D eigenvalue weighted by Crippen LogP contribution is -2.10. The fraction of sp³-hybridized carbons (Fsp3) is 0.0769. The van der Waals surface area contributed by atoms with E-state index in [0.29, 0.717) is 11.5 Å². The van der Waals surface area contributed by atoms with Crippen LogP contribution in [0, 0.1) is 6.92 Å². The lowest BCUT2D eigenvalue weighted by Gasteiger charge is -2.01. The number of aromatic carboxylic acids is 1. The van der Waals surface area contributed by atoms with Crippen molar-refractivity contribution in [2.24, 2.45) is 0 Å². The van der Waals surface area contributed by atoms with Gasteiger partial charge in [0.1, 0.15) is 0 Å². The van der Waals surface area contributed by atoms with Crippen LogP contribution in [0.25, 0.3) is 17.3 Å². The molecular weight excluding hydrogens is 272 g/mol. The summed E-state index contributed by atoms with van der Waals surface area (Å²) in [5, 5.41) is 21.0. The third-order valence-corrected chi connectivity index (χ3v) is 2.82. The van der Waals surface area contributed by atoms with Crippen LogP contribution in [0.2, 0.25) is 0 Å². The number of aryl methyl sites for hydroxylation is 1. The van der Waals surface area contributed by atoms with Gasteiger partial charge in [-0.2, -0.15) is 0 Å². The average Bonchev–Trinajstić information content (AvgIpc) is 2.97. The van der Waals surface area contributed by atoms with Gasteiger partial charge in [-0.15, -0.1) is 10.2 Å². The maximum atomic E-state index is 10.9. The zero-order chi connectivity index (χ0) is 14.8. The third-order valence-electron chi connectivity index (χ3n) is 2.82. The Hall–Kier alpha value is -3.16. The summed E-state index contributed by atoms with van der Waals surface area (Å²) in [5.41, 5.74) is 1.20. The summed E-state index contributed by atoms with van der Waals surface area (Å²) < 4.78 is 0. The maximum Gasteiger partial charge on any atom is 0.339 e. The number of carboxylic acids is 1. The Labute approximate surface area is 119 Å². The molecule has 0 atom stereocenters. The first-order valence-electron chi connectivity index (χ1n) is 6.08. The van der Waals surface area contributed by atoms with Gasteiger partial charge in [-0.3, -0.25) is 0 Å². The van der Waals surface area contributed by atoms with Crippen LogP contribution in [-0.4, -0.2) is 41.3 Å². The van der Waals surface area contributed by atoms with Crippen molar-refractivity contribution in [1.82, 2.24) is 30.2 Å². The fourth-order valence-electron chi connectivity index (χ4n) is 1.76. The Morgan fingerprint density at radius 2 is 2.00 bits per heavy atom. The second-order valence-electron chi connectivity index (χ2n) is 4.24. The standard InChI is InChI=1S/C13H10N6O2/c1-8-10(12(20)21)7-14-13(15-8)19-17-11(16-18-19)9-5-3-2-4-6-9/h2-7H,1H3,(H,20,21). The highest BCUT2D eigenvalue weighted by atomic mass is 16.4. The molecule has 0 radical (unpaired) electrons. The van der Waals surface area contributed by atoms with E-state index in [4.69, 9.17) is 5.11 Å². The van der Waals surface area contributed by atoms with Gasteiger partial charge < -0.3 is 5.11 Å². The van der Waals surface area contributed by atoms with Crippen LogP contribution in [0.15, 0.2) is 36.5 Å². The van der Waals surface area contributed by atoms with Crippen LogP contribution < -0.4 is 0 Å². The molecule has 0 saturated heterocycles. The SMILES string of the molecule is Cc1nc(-n2nnc(-c3ccccc3)n2)ncc1C(=O)O. The van der Waals surface area contributed by atoms with Crippen molar-refractivity contribution in [1.29, 1.82) is 0 Å². The maximum absolute atomic E-state index is 10.9. The summed E-state index contributed by atoms with van der Waals surface area (Å²) >= 11 is 0. The molecule has 104 valence electrons. The predicted molar refractivity (Wildman–Crippen MR) is 71.9 cm³/mol. The minimum absolute atomic E-state index is 0.0437. The van der Waals surface area contributed by atoms with E-state index in [1.807, 2.05) is 30.3 Å². The molecule has 0 spiro atoms. The number of hydrogen-bond donors (Lipinski definition) is 1. The van der Waals surface area contributed by atoms with Crippen molar-refractivity contribution < 1.29 is 9.90 Å². The number of aromatic nitrogens is 6. The molecule has 0 bridgehead atoms. The Balaban J connectivity index is 1.97. The number of rotatable bonds is 3. The molecule has 0 fully saturated rings. The van der Waals surface area contributed by atoms with Crippen molar-refractivity contribution in [2.45, 2.75) is 6.92 Å². The van der Waals surface area contributed by atoms with Crippen LogP contribution in [0.3, 0.4) is 0 Å². The van der Waals surface area contributed by atoms with Crippen molar-refractivity contribution in [3.8, 4) is 17.3 Å². The summed E-state index contributed by atoms with van der Waals surface area (Å²) in [4.78, 5) is 20.1. The topological polar surface area (TPSA) is 107 Å². The molecule has 21 heavy (non-hydrogen) atoms. The van der Waals surface area contributed by atoms with Crippen LogP contribution in [-0.2, 0) is 0 Å². The molecule has 0 amide bonds. The molecule has 2 heterocycles. The van der Waals surface area contributed by atoms with Gasteiger partial charge in [0.05, 0.1) is 11.3 Å². The number of carboxylic acid groups (broad SMARTS) is 1. The van der Waals surface area contributed by atoms with Crippen molar-refractivity contribution in [3.63, 3.8) is 0 Å². The van der Waals surface area contributed by atoms with Crippen LogP contribution in [0.1, 0.15) is 16.1 Å². The zero-order valence-corrected chi connectivity index (χ0v) is 11.0. The Kier molecular flexibility index (Phi) is 3.11. The largest absolute Gasteiger partial charge is 0.478 e. The summed E-state index contributed by atoms with van der Waals surface area (Å²) in [6, 6.07) is 9.36. The number of hydrogen-bond acceptors (Lipinski definition) is 6. The van der Waals surface area contributed by atoms with Crippen LogP contribution in [0.4, 0.5) is 0 Å². The highest BCUT2D eigenvalue weighted by molar-refractivity contribution is 5.88. The Morgan fingerprint density at radius 1 is 1.24 bits per heavy atom. The Morgan fingerprint density at radius 3 is 2.67 bits per heavy atom. The average molecular weight is 282 g/mol. The first-order valence-corrected chi connectivity index (χ1v) is 6.08. The Bertz CT molecular complexity index is 799. The molecule has 0 aliphatic carbocycles. The van der Waals surface area contributed by atoms with Crippen LogP contribution in [0.5, 0.6) is 0 Å². The molecule has 0 saturated carbocycles. The van der Waals surface area contributed by atoms with E-state index in [1.165, 1.54) is 11.0 Å². The van der Waals surface area contributed by atoms with E-state index in [1.54, 1.807) is 6.92 Å². The molecule has 8 nitrogen and oxygen atoms in total. The van der Waals surface area contributed by atoms with Gasteiger partial charge in [0, 0.05) is 11.8 Å². The van der Waals surface area contributed by atoms with E-state index in [2.05, 4.69) is 25.4 Å². The van der Waals surface area contributed by atoms with E-state index in [-0.39, 0.29) is 11.5 Å². The van der Waals surface area contributed by atoms with Gasteiger partial charge in [-0.1, -0.05) is 35.1 Å². The second-order valence-corrected chi connectivity index (χ2v) is 4.24. The minimum atomic E-state index is -1.07. The number of carbonyl (C=O) groups is 1. The molecule has 0 aliphatic heterocycles. The molecule has 1 N–H and O–H groups in total. The normalized spacial score (nSPS) is 10.5. The van der Waals surface area contributed by atoms with E-state index >= 15 is 0 Å². The predicted octanol–water partition coefficient (Wildman–Crippen LogP) is 1.13. The smallest absolute Gasteiger partial charge is 0.339 e. The first kappa shape index (κ1) is 12.9. The summed E-state index contributed by atoms with van der Waals surface area (Å²) in [6.07, 6.45) is 1.23. The molecule has 1 aromatic carbocycles. The third kappa shape index (κ3) is 2.46. The molecule has 3 rings (SSSR count). The monoisotopic (exact) mass is 282 g/mol. The van der Waals surface area contributed by atoms with Gasteiger partial charge in [-0.05, 0) is 12.1 Å². The van der Waals surface area contributed by atoms with Gasteiger partial charge in [0.25, 0.3) is 5.95 Å². The molecular formula is C13H10N6O2. The van der Waals surface area contributed by atoms with Gasteiger partial charge >= 0.3 is 5.97 Å². The molecule has 2 aromatic heterocycles. The van der Waals surface area contributed by atoms with E-state index in [9.17, 15) is 4.79 Å². The second kappa shape index (κ2) is 5.08. The lowest BCUT2D eigenvalue weighted by molar-refractivity contribution is 0.0695. The van der Waals surface area contributed by atoms with Gasteiger partial charge in [0.2, 0.25) is 5.82 Å². The highest BCUT2D eigenvalue weighted by Gasteiger charge is 2.13. The van der Waals surface area contributed by atoms with Crippen molar-refractivity contribution >= 4 is 5.97 Å².